The van der Waals surface area contributed by atoms with Crippen molar-refractivity contribution in [2.75, 3.05) is 25.3 Å². The molecular weight excluding hydrogens is 299 g/mol. The highest BCUT2D eigenvalue weighted by Gasteiger charge is 2.11. The van der Waals surface area contributed by atoms with Crippen molar-refractivity contribution in [2.45, 2.75) is 0 Å². The number of methoxy groups -OCH3 is 2. The highest BCUT2D eigenvalue weighted by atomic mass is 35.5. The van der Waals surface area contributed by atoms with Crippen LogP contribution in [0.3, 0.4) is 0 Å². The van der Waals surface area contributed by atoms with Gasteiger partial charge in [0, 0.05) is 11.1 Å². The second kappa shape index (κ2) is 6.11. The quantitative estimate of drug-likeness (QED) is 0.825. The van der Waals surface area contributed by atoms with E-state index < -0.39 is 0 Å². The Balaban J connectivity index is 2.40. The number of nitrogens with two attached hydrogens (primary N) is 1. The Morgan fingerprint density at radius 2 is 1.65 bits per heavy atom. The van der Waals surface area contributed by atoms with E-state index in [0.29, 0.717) is 38.6 Å². The van der Waals surface area contributed by atoms with Crippen LogP contribution in [0.4, 0.5) is 17.1 Å². The summed E-state index contributed by atoms with van der Waals surface area (Å²) in [5.74, 6) is 1.14. The average Bonchev–Trinajstić information content (AvgIpc) is 2.42. The summed E-state index contributed by atoms with van der Waals surface area (Å²) in [6.45, 7) is 0. The smallest absolute Gasteiger partial charge is 0.146 e. The molecule has 0 aliphatic carbocycles. The first-order valence-electron chi connectivity index (χ1n) is 5.78. The van der Waals surface area contributed by atoms with Crippen LogP contribution in [0.5, 0.6) is 11.5 Å². The molecule has 0 saturated carbocycles. The van der Waals surface area contributed by atoms with E-state index >= 15 is 0 Å². The molecule has 0 unspecified atom stereocenters. The van der Waals surface area contributed by atoms with Crippen LogP contribution in [0.15, 0.2) is 30.3 Å². The predicted molar refractivity (Wildman–Crippen MR) is 83.7 cm³/mol. The molecule has 0 aliphatic rings. The summed E-state index contributed by atoms with van der Waals surface area (Å²) in [7, 11) is 3.12. The number of nitrogen functional groups attached to an aromatic ring is 1. The van der Waals surface area contributed by atoms with Crippen molar-refractivity contribution in [2.24, 2.45) is 0 Å². The molecule has 0 spiro atoms. The van der Waals surface area contributed by atoms with Gasteiger partial charge in [0.1, 0.15) is 11.5 Å². The number of benzene rings is 2. The molecule has 0 bridgehead atoms. The molecule has 0 saturated heterocycles. The van der Waals surface area contributed by atoms with Gasteiger partial charge in [-0.1, -0.05) is 23.2 Å². The second-order valence-corrected chi connectivity index (χ2v) is 4.89. The summed E-state index contributed by atoms with van der Waals surface area (Å²) in [6, 6.07) is 8.62. The normalized spacial score (nSPS) is 10.2. The number of hydrogen-bond donors (Lipinski definition) is 2. The van der Waals surface area contributed by atoms with Crippen LogP contribution in [-0.4, -0.2) is 14.2 Å². The maximum absolute atomic E-state index is 6.12. The topological polar surface area (TPSA) is 56.5 Å². The van der Waals surface area contributed by atoms with Gasteiger partial charge in [-0.25, -0.2) is 0 Å². The lowest BCUT2D eigenvalue weighted by Gasteiger charge is -2.15. The Labute approximate surface area is 127 Å². The molecule has 4 nitrogen and oxygen atoms in total. The van der Waals surface area contributed by atoms with E-state index in [4.69, 9.17) is 38.4 Å². The van der Waals surface area contributed by atoms with Crippen LogP contribution >= 0.6 is 23.2 Å². The van der Waals surface area contributed by atoms with E-state index in [-0.39, 0.29) is 0 Å². The lowest BCUT2D eigenvalue weighted by molar-refractivity contribution is 0.396. The maximum Gasteiger partial charge on any atom is 0.146 e. The maximum atomic E-state index is 6.12. The minimum atomic E-state index is 0.475. The average molecular weight is 313 g/mol. The molecule has 0 aliphatic heterocycles. The third kappa shape index (κ3) is 3.03. The van der Waals surface area contributed by atoms with Gasteiger partial charge in [-0.2, -0.15) is 0 Å². The Bertz CT molecular complexity index is 633. The van der Waals surface area contributed by atoms with Gasteiger partial charge in [0.15, 0.2) is 0 Å². The number of hydrogen-bond acceptors (Lipinski definition) is 4. The SMILES string of the molecule is COc1cc(OC)c(Nc2ccc(Cl)cc2N)cc1Cl. The van der Waals surface area contributed by atoms with Gasteiger partial charge >= 0.3 is 0 Å². The Kier molecular flexibility index (Phi) is 4.47. The van der Waals surface area contributed by atoms with E-state index in [0.717, 1.165) is 0 Å². The first-order chi connectivity index (χ1) is 9.55. The standard InChI is InChI=1S/C14H14Cl2N2O2/c1-19-13-7-14(20-2)12(6-9(13)16)18-11-4-3-8(15)5-10(11)17/h3-7,18H,17H2,1-2H3. The van der Waals surface area contributed by atoms with E-state index in [9.17, 15) is 0 Å². The summed E-state index contributed by atoms with van der Waals surface area (Å²) in [4.78, 5) is 0. The number of halogens is 2. The highest BCUT2D eigenvalue weighted by Crippen LogP contribution is 2.38. The monoisotopic (exact) mass is 312 g/mol. The van der Waals surface area contributed by atoms with E-state index in [1.807, 2.05) is 0 Å². The van der Waals surface area contributed by atoms with Crippen LogP contribution < -0.4 is 20.5 Å². The molecule has 20 heavy (non-hydrogen) atoms. The Morgan fingerprint density at radius 1 is 0.950 bits per heavy atom. The zero-order valence-electron chi connectivity index (χ0n) is 11.0. The molecule has 2 aromatic rings. The van der Waals surface area contributed by atoms with Crippen molar-refractivity contribution in [3.8, 4) is 11.5 Å². The third-order valence-corrected chi connectivity index (χ3v) is 3.29. The van der Waals surface area contributed by atoms with Crippen molar-refractivity contribution in [1.82, 2.24) is 0 Å². The molecule has 6 heteroatoms. The van der Waals surface area contributed by atoms with Gasteiger partial charge in [-0.05, 0) is 24.3 Å². The summed E-state index contributed by atoms with van der Waals surface area (Å²) in [6.07, 6.45) is 0. The predicted octanol–water partition coefficient (Wildman–Crippen LogP) is 4.34. The molecule has 106 valence electrons. The molecular formula is C14H14Cl2N2O2. The molecule has 2 aromatic carbocycles. The van der Waals surface area contributed by atoms with Crippen molar-refractivity contribution in [1.29, 1.82) is 0 Å². The van der Waals surface area contributed by atoms with Gasteiger partial charge in [-0.3, -0.25) is 0 Å². The lowest BCUT2D eigenvalue weighted by atomic mass is 10.2. The molecule has 0 amide bonds. The molecule has 3 N–H and O–H groups in total. The zero-order chi connectivity index (χ0) is 14.7. The fraction of sp³-hybridized carbons (Fsp3) is 0.143. The van der Waals surface area contributed by atoms with Crippen LogP contribution in [0.2, 0.25) is 10.0 Å². The van der Waals surface area contributed by atoms with E-state index in [1.54, 1.807) is 44.6 Å². The summed E-state index contributed by atoms with van der Waals surface area (Å²) < 4.78 is 10.5. The summed E-state index contributed by atoms with van der Waals surface area (Å²) in [5.41, 5.74) is 7.85. The molecule has 0 aromatic heterocycles. The van der Waals surface area contributed by atoms with Crippen molar-refractivity contribution in [3.63, 3.8) is 0 Å². The van der Waals surface area contributed by atoms with E-state index in [2.05, 4.69) is 5.32 Å². The minimum absolute atomic E-state index is 0.475. The molecule has 0 radical (unpaired) electrons. The third-order valence-electron chi connectivity index (χ3n) is 2.76. The number of anilines is 3. The number of nitrogens with one attached hydrogen (secondary N) is 1. The molecule has 0 heterocycles. The second-order valence-electron chi connectivity index (χ2n) is 4.04. The highest BCUT2D eigenvalue weighted by molar-refractivity contribution is 6.32. The summed E-state index contributed by atoms with van der Waals surface area (Å²) >= 11 is 12.0. The van der Waals surface area contributed by atoms with Crippen molar-refractivity contribution >= 4 is 40.3 Å². The van der Waals surface area contributed by atoms with Gasteiger partial charge in [0.25, 0.3) is 0 Å². The number of rotatable bonds is 4. The van der Waals surface area contributed by atoms with E-state index in [1.165, 1.54) is 0 Å². The molecule has 0 fully saturated rings. The largest absolute Gasteiger partial charge is 0.495 e. The van der Waals surface area contributed by atoms with Gasteiger partial charge < -0.3 is 20.5 Å². The zero-order valence-corrected chi connectivity index (χ0v) is 12.5. The first-order valence-corrected chi connectivity index (χ1v) is 6.54. The molecule has 0 atom stereocenters. The number of ether oxygens (including phenoxy) is 2. The van der Waals surface area contributed by atoms with Crippen LogP contribution in [0, 0.1) is 0 Å². The Hall–Kier alpha value is -1.78. The van der Waals surface area contributed by atoms with Gasteiger partial charge in [0.05, 0.1) is 36.3 Å². The van der Waals surface area contributed by atoms with Crippen molar-refractivity contribution in [3.05, 3.63) is 40.4 Å². The fourth-order valence-corrected chi connectivity index (χ4v) is 2.17. The van der Waals surface area contributed by atoms with Crippen molar-refractivity contribution < 1.29 is 9.47 Å². The minimum Gasteiger partial charge on any atom is -0.495 e. The van der Waals surface area contributed by atoms with Crippen LogP contribution in [0.25, 0.3) is 0 Å². The van der Waals surface area contributed by atoms with Gasteiger partial charge in [-0.15, -0.1) is 0 Å². The van der Waals surface area contributed by atoms with Crippen LogP contribution in [-0.2, 0) is 0 Å². The van der Waals surface area contributed by atoms with Gasteiger partial charge in [0.2, 0.25) is 0 Å². The fourth-order valence-electron chi connectivity index (χ4n) is 1.75. The van der Waals surface area contributed by atoms with Crippen LogP contribution in [0.1, 0.15) is 0 Å². The first kappa shape index (κ1) is 14.6. The Morgan fingerprint density at radius 3 is 2.25 bits per heavy atom. The lowest BCUT2D eigenvalue weighted by Crippen LogP contribution is -1.99. The molecule has 2 rings (SSSR count). The summed E-state index contributed by atoms with van der Waals surface area (Å²) in [5, 5.41) is 4.21.